The van der Waals surface area contributed by atoms with Crippen LogP contribution in [0.2, 0.25) is 5.02 Å². The molecule has 0 aliphatic heterocycles. The molecule has 4 rings (SSSR count). The van der Waals surface area contributed by atoms with E-state index in [1.807, 2.05) is 41.1 Å². The van der Waals surface area contributed by atoms with Crippen LogP contribution in [0.1, 0.15) is 15.9 Å². The van der Waals surface area contributed by atoms with Gasteiger partial charge in [0.25, 0.3) is 5.91 Å². The van der Waals surface area contributed by atoms with Crippen LogP contribution in [-0.4, -0.2) is 20.4 Å². The summed E-state index contributed by atoms with van der Waals surface area (Å²) in [5.74, 6) is -0.217. The molecule has 1 N–H and O–H groups in total. The number of pyridine rings is 1. The van der Waals surface area contributed by atoms with Crippen molar-refractivity contribution >= 4 is 34.1 Å². The molecule has 0 spiro atoms. The van der Waals surface area contributed by atoms with E-state index in [0.29, 0.717) is 22.6 Å². The summed E-state index contributed by atoms with van der Waals surface area (Å²) in [7, 11) is 0. The van der Waals surface area contributed by atoms with E-state index in [-0.39, 0.29) is 5.91 Å². The van der Waals surface area contributed by atoms with Crippen LogP contribution in [0.4, 0.5) is 5.69 Å². The number of amides is 1. The van der Waals surface area contributed by atoms with Crippen LogP contribution in [-0.2, 0) is 6.54 Å². The lowest BCUT2D eigenvalue weighted by molar-refractivity contribution is 0.102. The minimum Gasteiger partial charge on any atom is -0.333 e. The Balaban J connectivity index is 1.60. The van der Waals surface area contributed by atoms with Crippen LogP contribution >= 0.6 is 11.6 Å². The first-order chi connectivity index (χ1) is 12.7. The lowest BCUT2D eigenvalue weighted by Crippen LogP contribution is -2.13. The van der Waals surface area contributed by atoms with Crippen molar-refractivity contribution in [2.24, 2.45) is 0 Å². The molecule has 0 bridgehead atoms. The molecule has 0 aliphatic rings. The Morgan fingerprint density at radius 1 is 1.12 bits per heavy atom. The van der Waals surface area contributed by atoms with E-state index in [2.05, 4.69) is 15.3 Å². The maximum atomic E-state index is 12.8. The molecule has 5 nitrogen and oxygen atoms in total. The third-order valence-corrected chi connectivity index (χ3v) is 4.40. The summed E-state index contributed by atoms with van der Waals surface area (Å²) in [5, 5.41) is 4.28. The fourth-order valence-electron chi connectivity index (χ4n) is 2.86. The van der Waals surface area contributed by atoms with Crippen LogP contribution in [0, 0.1) is 0 Å². The molecule has 0 fully saturated rings. The minimum absolute atomic E-state index is 0.217. The number of hydrogen-bond acceptors (Lipinski definition) is 3. The Kier molecular flexibility index (Phi) is 4.37. The highest BCUT2D eigenvalue weighted by atomic mass is 35.5. The quantitative estimate of drug-likeness (QED) is 0.586. The number of benzene rings is 2. The number of anilines is 1. The molecule has 2 heterocycles. The van der Waals surface area contributed by atoms with Crippen LogP contribution < -0.4 is 5.32 Å². The van der Waals surface area contributed by atoms with Gasteiger partial charge in [0.2, 0.25) is 0 Å². The first-order valence-corrected chi connectivity index (χ1v) is 8.48. The van der Waals surface area contributed by atoms with E-state index < -0.39 is 0 Å². The topological polar surface area (TPSA) is 59.8 Å². The normalized spacial score (nSPS) is 10.8. The van der Waals surface area contributed by atoms with Crippen LogP contribution in [0.25, 0.3) is 10.9 Å². The molecule has 128 valence electrons. The summed E-state index contributed by atoms with van der Waals surface area (Å²) in [6.07, 6.45) is 7.05. The van der Waals surface area contributed by atoms with Crippen LogP contribution in [0.3, 0.4) is 0 Å². The predicted octanol–water partition coefficient (Wildman–Crippen LogP) is 4.39. The smallest absolute Gasteiger partial charge is 0.257 e. The molecule has 26 heavy (non-hydrogen) atoms. The predicted molar refractivity (Wildman–Crippen MR) is 102 cm³/mol. The maximum absolute atomic E-state index is 12.8. The number of nitrogens with zero attached hydrogens (tertiary/aromatic N) is 3. The summed E-state index contributed by atoms with van der Waals surface area (Å²) in [6, 6.07) is 14.8. The lowest BCUT2D eigenvalue weighted by atomic mass is 10.1. The van der Waals surface area contributed by atoms with Gasteiger partial charge in [-0.1, -0.05) is 23.7 Å². The summed E-state index contributed by atoms with van der Waals surface area (Å²) in [4.78, 5) is 21.1. The van der Waals surface area contributed by atoms with Crippen molar-refractivity contribution in [1.29, 1.82) is 0 Å². The summed E-state index contributed by atoms with van der Waals surface area (Å²) < 4.78 is 1.97. The molecule has 0 atom stereocenters. The Morgan fingerprint density at radius 2 is 2.04 bits per heavy atom. The van der Waals surface area contributed by atoms with E-state index >= 15 is 0 Å². The molecule has 0 aliphatic carbocycles. The zero-order valence-corrected chi connectivity index (χ0v) is 14.5. The highest BCUT2D eigenvalue weighted by Gasteiger charge is 2.13. The second kappa shape index (κ2) is 6.98. The molecule has 6 heteroatoms. The number of halogens is 1. The van der Waals surface area contributed by atoms with Gasteiger partial charge in [-0.25, -0.2) is 4.98 Å². The molecule has 0 unspecified atom stereocenters. The summed E-state index contributed by atoms with van der Waals surface area (Å²) >= 11 is 6.20. The third kappa shape index (κ3) is 3.30. The molecule has 0 radical (unpaired) electrons. The largest absolute Gasteiger partial charge is 0.333 e. The molecule has 1 amide bonds. The van der Waals surface area contributed by atoms with Crippen molar-refractivity contribution in [3.8, 4) is 0 Å². The van der Waals surface area contributed by atoms with Gasteiger partial charge in [-0.2, -0.15) is 0 Å². The average Bonchev–Trinajstić information content (AvgIpc) is 3.15. The molecule has 0 saturated carbocycles. The second-order valence-electron chi connectivity index (χ2n) is 5.88. The fraction of sp³-hybridized carbons (Fsp3) is 0.0500. The van der Waals surface area contributed by atoms with Gasteiger partial charge < -0.3 is 9.88 Å². The van der Waals surface area contributed by atoms with Gasteiger partial charge in [-0.05, 0) is 42.0 Å². The van der Waals surface area contributed by atoms with E-state index in [0.717, 1.165) is 16.6 Å². The lowest BCUT2D eigenvalue weighted by Gasteiger charge is -2.10. The zero-order chi connectivity index (χ0) is 17.9. The molecular formula is C20H15ClN4O. The van der Waals surface area contributed by atoms with Gasteiger partial charge in [0.05, 0.1) is 22.4 Å². The standard InChI is InChI=1S/C20H15ClN4O/c21-18-7-6-17(19-16(18)5-2-8-23-19)20(26)24-15-4-1-3-14(11-15)12-25-10-9-22-13-25/h1-11,13H,12H2,(H,24,26). The first kappa shape index (κ1) is 16.3. The summed E-state index contributed by atoms with van der Waals surface area (Å²) in [6.45, 7) is 0.690. The van der Waals surface area contributed by atoms with Crippen LogP contribution in [0.5, 0.6) is 0 Å². The number of aromatic nitrogens is 3. The fourth-order valence-corrected chi connectivity index (χ4v) is 3.07. The number of carbonyl (C=O) groups excluding carboxylic acids is 1. The SMILES string of the molecule is O=C(Nc1cccc(Cn2ccnc2)c1)c1ccc(Cl)c2cccnc12. The van der Waals surface area contributed by atoms with E-state index in [1.165, 1.54) is 0 Å². The number of fused-ring (bicyclic) bond motifs is 1. The van der Waals surface area contributed by atoms with Gasteiger partial charge in [-0.15, -0.1) is 0 Å². The number of rotatable bonds is 4. The van der Waals surface area contributed by atoms with Gasteiger partial charge in [0.15, 0.2) is 0 Å². The number of imidazole rings is 1. The van der Waals surface area contributed by atoms with E-state index in [9.17, 15) is 4.79 Å². The Bertz CT molecular complexity index is 1080. The van der Waals surface area contributed by atoms with E-state index in [1.54, 1.807) is 36.9 Å². The molecular weight excluding hydrogens is 348 g/mol. The van der Waals surface area contributed by atoms with Crippen molar-refractivity contribution in [2.45, 2.75) is 6.54 Å². The van der Waals surface area contributed by atoms with E-state index in [4.69, 9.17) is 11.6 Å². The van der Waals surface area contributed by atoms with Gasteiger partial charge >= 0.3 is 0 Å². The Labute approximate surface area is 155 Å². The van der Waals surface area contributed by atoms with Crippen molar-refractivity contribution < 1.29 is 4.79 Å². The molecule has 2 aromatic heterocycles. The monoisotopic (exact) mass is 362 g/mol. The second-order valence-corrected chi connectivity index (χ2v) is 6.29. The average molecular weight is 363 g/mol. The minimum atomic E-state index is -0.217. The van der Waals surface area contributed by atoms with Gasteiger partial charge in [0.1, 0.15) is 0 Å². The third-order valence-electron chi connectivity index (χ3n) is 4.07. The maximum Gasteiger partial charge on any atom is 0.257 e. The number of hydrogen-bond donors (Lipinski definition) is 1. The number of carbonyl (C=O) groups is 1. The molecule has 2 aromatic carbocycles. The van der Waals surface area contributed by atoms with Crippen LogP contribution in [0.15, 0.2) is 73.4 Å². The van der Waals surface area contributed by atoms with Crippen molar-refractivity contribution in [1.82, 2.24) is 14.5 Å². The first-order valence-electron chi connectivity index (χ1n) is 8.10. The van der Waals surface area contributed by atoms with Crippen molar-refractivity contribution in [3.63, 3.8) is 0 Å². The van der Waals surface area contributed by atoms with Crippen molar-refractivity contribution in [2.75, 3.05) is 5.32 Å². The number of nitrogens with one attached hydrogen (secondary N) is 1. The van der Waals surface area contributed by atoms with Gasteiger partial charge in [0, 0.05) is 36.2 Å². The van der Waals surface area contributed by atoms with Gasteiger partial charge in [-0.3, -0.25) is 9.78 Å². The summed E-state index contributed by atoms with van der Waals surface area (Å²) in [5.41, 5.74) is 2.88. The molecule has 0 saturated heterocycles. The van der Waals surface area contributed by atoms with Crippen molar-refractivity contribution in [3.05, 3.63) is 89.6 Å². The Hall–Kier alpha value is -3.18. The molecule has 4 aromatic rings. The highest BCUT2D eigenvalue weighted by molar-refractivity contribution is 6.36. The zero-order valence-electron chi connectivity index (χ0n) is 13.8. The highest BCUT2D eigenvalue weighted by Crippen LogP contribution is 2.25. The Morgan fingerprint density at radius 3 is 2.88 bits per heavy atom.